The van der Waals surface area contributed by atoms with Crippen LogP contribution in [0.1, 0.15) is 43.5 Å². The second-order valence-corrected chi connectivity index (χ2v) is 7.54. The number of carboxylic acid groups (broad SMARTS) is 1. The molecule has 3 atom stereocenters. The fraction of sp³-hybridized carbons (Fsp3) is 0.533. The van der Waals surface area contributed by atoms with Gasteiger partial charge in [-0.1, -0.05) is 32.8 Å². The Morgan fingerprint density at radius 2 is 2.00 bits per heavy atom. The molecule has 0 unspecified atom stereocenters. The van der Waals surface area contributed by atoms with Crippen LogP contribution in [0.5, 0.6) is 0 Å². The Balaban J connectivity index is 2.22. The van der Waals surface area contributed by atoms with Gasteiger partial charge < -0.3 is 5.11 Å². The summed E-state index contributed by atoms with van der Waals surface area (Å²) in [6.45, 7) is 4.20. The zero-order chi connectivity index (χ0) is 15.6. The van der Waals surface area contributed by atoms with Crippen molar-refractivity contribution in [3.8, 4) is 0 Å². The van der Waals surface area contributed by atoms with Crippen molar-refractivity contribution in [2.45, 2.75) is 44.0 Å². The molecule has 5 nitrogen and oxygen atoms in total. The number of rotatable bonds is 4. The van der Waals surface area contributed by atoms with E-state index in [0.717, 1.165) is 19.3 Å². The van der Waals surface area contributed by atoms with Crippen LogP contribution < -0.4 is 4.72 Å². The summed E-state index contributed by atoms with van der Waals surface area (Å²) in [5.74, 6) is -0.375. The lowest BCUT2D eigenvalue weighted by molar-refractivity contribution is 0.0696. The van der Waals surface area contributed by atoms with Crippen LogP contribution in [0, 0.1) is 11.8 Å². The minimum Gasteiger partial charge on any atom is -0.478 e. The molecule has 2 N–H and O–H groups in total. The van der Waals surface area contributed by atoms with Crippen molar-refractivity contribution >= 4 is 16.0 Å². The summed E-state index contributed by atoms with van der Waals surface area (Å²) in [5, 5.41) is 8.96. The molecular weight excluding hydrogens is 290 g/mol. The van der Waals surface area contributed by atoms with E-state index in [9.17, 15) is 13.2 Å². The molecule has 21 heavy (non-hydrogen) atoms. The highest BCUT2D eigenvalue weighted by atomic mass is 32.2. The summed E-state index contributed by atoms with van der Waals surface area (Å²) < 4.78 is 27.6. The SMILES string of the molecule is C[C@H]1[C@@H](C)CCC[C@H]1NS(=O)(=O)c1cccc(C(=O)O)c1. The first-order valence-electron chi connectivity index (χ1n) is 7.17. The topological polar surface area (TPSA) is 83.5 Å². The molecule has 1 fully saturated rings. The smallest absolute Gasteiger partial charge is 0.335 e. The maximum absolute atomic E-state index is 12.4. The van der Waals surface area contributed by atoms with Gasteiger partial charge in [0.2, 0.25) is 10.0 Å². The van der Waals surface area contributed by atoms with E-state index in [-0.39, 0.29) is 22.4 Å². The maximum Gasteiger partial charge on any atom is 0.335 e. The normalized spacial score (nSPS) is 26.5. The average Bonchev–Trinajstić information content (AvgIpc) is 2.44. The lowest BCUT2D eigenvalue weighted by Crippen LogP contribution is -2.43. The van der Waals surface area contributed by atoms with Crippen LogP contribution >= 0.6 is 0 Å². The van der Waals surface area contributed by atoms with E-state index in [2.05, 4.69) is 18.6 Å². The van der Waals surface area contributed by atoms with Crippen molar-refractivity contribution in [2.75, 3.05) is 0 Å². The quantitative estimate of drug-likeness (QED) is 0.895. The summed E-state index contributed by atoms with van der Waals surface area (Å²) in [4.78, 5) is 11.0. The molecule has 0 spiro atoms. The number of aromatic carboxylic acids is 1. The first kappa shape index (κ1) is 16.0. The van der Waals surface area contributed by atoms with Gasteiger partial charge in [0.1, 0.15) is 0 Å². The van der Waals surface area contributed by atoms with E-state index in [1.165, 1.54) is 24.3 Å². The molecule has 2 rings (SSSR count). The monoisotopic (exact) mass is 311 g/mol. The summed E-state index contributed by atoms with van der Waals surface area (Å²) in [7, 11) is -3.69. The molecule has 1 saturated carbocycles. The second kappa shape index (κ2) is 6.15. The summed E-state index contributed by atoms with van der Waals surface area (Å²) in [6.07, 6.45) is 2.95. The molecule has 0 amide bonds. The van der Waals surface area contributed by atoms with Crippen molar-refractivity contribution in [2.24, 2.45) is 11.8 Å². The Kier molecular flexibility index (Phi) is 4.68. The zero-order valence-electron chi connectivity index (χ0n) is 12.2. The van der Waals surface area contributed by atoms with Gasteiger partial charge in [0.15, 0.2) is 0 Å². The van der Waals surface area contributed by atoms with Crippen LogP contribution in [0.3, 0.4) is 0 Å². The maximum atomic E-state index is 12.4. The van der Waals surface area contributed by atoms with Gasteiger partial charge in [0.25, 0.3) is 0 Å². The standard InChI is InChI=1S/C15H21NO4S/c1-10-5-3-8-14(11(10)2)16-21(19,20)13-7-4-6-12(9-13)15(17)18/h4,6-7,9-11,14,16H,3,5,8H2,1-2H3,(H,17,18)/t10-,11-,14+/m0/s1. The van der Waals surface area contributed by atoms with Gasteiger partial charge in [-0.05, 0) is 36.5 Å². The van der Waals surface area contributed by atoms with E-state index in [1.54, 1.807) is 0 Å². The van der Waals surface area contributed by atoms with Gasteiger partial charge in [-0.2, -0.15) is 0 Å². The molecule has 1 aliphatic carbocycles. The average molecular weight is 311 g/mol. The Morgan fingerprint density at radius 3 is 2.67 bits per heavy atom. The fourth-order valence-electron chi connectivity index (χ4n) is 2.81. The number of sulfonamides is 1. The van der Waals surface area contributed by atoms with E-state index in [4.69, 9.17) is 5.11 Å². The highest BCUT2D eigenvalue weighted by Gasteiger charge is 2.30. The predicted octanol–water partition coefficient (Wildman–Crippen LogP) is 2.49. The molecule has 1 aliphatic rings. The van der Waals surface area contributed by atoms with Gasteiger partial charge in [-0.3, -0.25) is 0 Å². The molecule has 0 aromatic heterocycles. The van der Waals surface area contributed by atoms with Gasteiger partial charge in [0.05, 0.1) is 10.5 Å². The van der Waals surface area contributed by atoms with E-state index in [0.29, 0.717) is 5.92 Å². The zero-order valence-corrected chi connectivity index (χ0v) is 13.1. The predicted molar refractivity (Wildman–Crippen MR) is 79.7 cm³/mol. The largest absolute Gasteiger partial charge is 0.478 e. The van der Waals surface area contributed by atoms with Crippen LogP contribution in [0.15, 0.2) is 29.2 Å². The number of hydrogen-bond donors (Lipinski definition) is 2. The minimum atomic E-state index is -3.69. The van der Waals surface area contributed by atoms with E-state index < -0.39 is 16.0 Å². The summed E-state index contributed by atoms with van der Waals surface area (Å²) in [5.41, 5.74) is -0.0251. The van der Waals surface area contributed by atoms with Gasteiger partial charge in [0, 0.05) is 6.04 Å². The molecule has 0 aliphatic heterocycles. The Labute approximate surface area is 125 Å². The van der Waals surface area contributed by atoms with Crippen molar-refractivity contribution in [3.63, 3.8) is 0 Å². The Bertz CT molecular complexity index is 626. The summed E-state index contributed by atoms with van der Waals surface area (Å²) >= 11 is 0. The molecule has 1 aromatic carbocycles. The lowest BCUT2D eigenvalue weighted by Gasteiger charge is -2.34. The highest BCUT2D eigenvalue weighted by molar-refractivity contribution is 7.89. The summed E-state index contributed by atoms with van der Waals surface area (Å²) in [6, 6.07) is 5.36. The number of nitrogens with one attached hydrogen (secondary N) is 1. The molecule has 1 aromatic rings. The van der Waals surface area contributed by atoms with Crippen molar-refractivity contribution in [3.05, 3.63) is 29.8 Å². The van der Waals surface area contributed by atoms with Crippen molar-refractivity contribution in [1.82, 2.24) is 4.72 Å². The van der Waals surface area contributed by atoms with Gasteiger partial charge in [-0.15, -0.1) is 0 Å². The van der Waals surface area contributed by atoms with Gasteiger partial charge in [-0.25, -0.2) is 17.9 Å². The van der Waals surface area contributed by atoms with Crippen LogP contribution in [0.2, 0.25) is 0 Å². The first-order chi connectivity index (χ1) is 9.81. The van der Waals surface area contributed by atoms with Crippen LogP contribution in [0.4, 0.5) is 0 Å². The second-order valence-electron chi connectivity index (χ2n) is 5.83. The minimum absolute atomic E-state index is 0.00725. The number of carboxylic acids is 1. The Hall–Kier alpha value is -1.40. The Morgan fingerprint density at radius 1 is 1.29 bits per heavy atom. The third kappa shape index (κ3) is 3.63. The fourth-order valence-corrected chi connectivity index (χ4v) is 4.22. The molecule has 0 saturated heterocycles. The molecule has 116 valence electrons. The van der Waals surface area contributed by atoms with Crippen molar-refractivity contribution in [1.29, 1.82) is 0 Å². The number of benzene rings is 1. The number of carbonyl (C=O) groups is 1. The molecule has 0 radical (unpaired) electrons. The first-order valence-corrected chi connectivity index (χ1v) is 8.65. The van der Waals surface area contributed by atoms with Crippen LogP contribution in [0.25, 0.3) is 0 Å². The lowest BCUT2D eigenvalue weighted by atomic mass is 9.78. The molecule has 6 heteroatoms. The van der Waals surface area contributed by atoms with Crippen LogP contribution in [-0.2, 0) is 10.0 Å². The van der Waals surface area contributed by atoms with Gasteiger partial charge >= 0.3 is 5.97 Å². The van der Waals surface area contributed by atoms with Crippen molar-refractivity contribution < 1.29 is 18.3 Å². The molecule has 0 heterocycles. The highest BCUT2D eigenvalue weighted by Crippen LogP contribution is 2.30. The van der Waals surface area contributed by atoms with E-state index >= 15 is 0 Å². The molecule has 0 bridgehead atoms. The van der Waals surface area contributed by atoms with E-state index in [1.807, 2.05) is 0 Å². The number of hydrogen-bond acceptors (Lipinski definition) is 3. The van der Waals surface area contributed by atoms with Crippen LogP contribution in [-0.4, -0.2) is 25.5 Å². The third-order valence-corrected chi connectivity index (χ3v) is 5.89. The third-order valence-electron chi connectivity index (χ3n) is 4.40. The molecular formula is C15H21NO4S.